The number of nitrogens with one attached hydrogen (secondary N) is 2. The molecular weight excluding hydrogens is 214 g/mol. The molecule has 0 aromatic rings. The summed E-state index contributed by atoms with van der Waals surface area (Å²) in [7, 11) is 0. The molecule has 1 aliphatic carbocycles. The standard InChI is InChI=1S/C13H27N3O/c1-2-7-16-13(17)9-12(10-14)15-8-6-11-4-3-5-11/h11-12,15H,2-10,14H2,1H3,(H,16,17). The lowest BCUT2D eigenvalue weighted by Crippen LogP contribution is -2.41. The molecule has 4 nitrogen and oxygen atoms in total. The van der Waals surface area contributed by atoms with Gasteiger partial charge in [-0.15, -0.1) is 0 Å². The van der Waals surface area contributed by atoms with Crippen LogP contribution in [0.5, 0.6) is 0 Å². The van der Waals surface area contributed by atoms with Crippen molar-refractivity contribution in [2.45, 2.75) is 51.5 Å². The first kappa shape index (κ1) is 14.5. The minimum atomic E-state index is 0.110. The molecule has 1 rings (SSSR count). The van der Waals surface area contributed by atoms with Crippen molar-refractivity contribution in [1.82, 2.24) is 10.6 Å². The Morgan fingerprint density at radius 3 is 2.71 bits per heavy atom. The number of rotatable bonds is 9. The predicted octanol–water partition coefficient (Wildman–Crippen LogP) is 1.01. The summed E-state index contributed by atoms with van der Waals surface area (Å²) in [6, 6.07) is 0.131. The summed E-state index contributed by atoms with van der Waals surface area (Å²) in [5.74, 6) is 1.02. The SMILES string of the molecule is CCCNC(=O)CC(CN)NCCC1CCC1. The minimum absolute atomic E-state index is 0.110. The van der Waals surface area contributed by atoms with Gasteiger partial charge < -0.3 is 16.4 Å². The monoisotopic (exact) mass is 241 g/mol. The fourth-order valence-corrected chi connectivity index (χ4v) is 2.07. The van der Waals surface area contributed by atoms with Crippen LogP contribution in [-0.2, 0) is 4.79 Å². The summed E-state index contributed by atoms with van der Waals surface area (Å²) >= 11 is 0. The Labute approximate surface area is 105 Å². The van der Waals surface area contributed by atoms with E-state index in [4.69, 9.17) is 5.73 Å². The number of hydrogen-bond donors (Lipinski definition) is 3. The lowest BCUT2D eigenvalue weighted by Gasteiger charge is -2.26. The first-order valence-electron chi connectivity index (χ1n) is 6.96. The molecule has 4 N–H and O–H groups in total. The molecule has 0 spiro atoms. The molecule has 0 aromatic heterocycles. The van der Waals surface area contributed by atoms with Gasteiger partial charge in [0.05, 0.1) is 0 Å². The molecule has 0 heterocycles. The average Bonchev–Trinajstić information content (AvgIpc) is 2.28. The van der Waals surface area contributed by atoms with E-state index in [-0.39, 0.29) is 11.9 Å². The van der Waals surface area contributed by atoms with Gasteiger partial charge in [0, 0.05) is 25.6 Å². The van der Waals surface area contributed by atoms with Gasteiger partial charge >= 0.3 is 0 Å². The molecule has 1 fully saturated rings. The number of amides is 1. The highest BCUT2D eigenvalue weighted by Gasteiger charge is 2.17. The molecular formula is C13H27N3O. The fourth-order valence-electron chi connectivity index (χ4n) is 2.07. The third-order valence-electron chi connectivity index (χ3n) is 3.50. The van der Waals surface area contributed by atoms with E-state index in [2.05, 4.69) is 17.6 Å². The van der Waals surface area contributed by atoms with Gasteiger partial charge in [0.1, 0.15) is 0 Å². The molecule has 0 aromatic carbocycles. The second-order valence-corrected chi connectivity index (χ2v) is 5.03. The van der Waals surface area contributed by atoms with Gasteiger partial charge in [0.15, 0.2) is 0 Å². The Bertz CT molecular complexity index is 217. The molecule has 1 aliphatic rings. The number of carbonyl (C=O) groups is 1. The zero-order valence-corrected chi connectivity index (χ0v) is 11.0. The third-order valence-corrected chi connectivity index (χ3v) is 3.50. The maximum atomic E-state index is 11.5. The molecule has 1 amide bonds. The molecule has 0 radical (unpaired) electrons. The summed E-state index contributed by atoms with van der Waals surface area (Å²) in [4.78, 5) is 11.5. The largest absolute Gasteiger partial charge is 0.356 e. The third kappa shape index (κ3) is 6.03. The summed E-state index contributed by atoms with van der Waals surface area (Å²) in [6.45, 7) is 4.34. The zero-order valence-electron chi connectivity index (χ0n) is 11.0. The van der Waals surface area contributed by atoms with Crippen LogP contribution in [0.25, 0.3) is 0 Å². The highest BCUT2D eigenvalue weighted by molar-refractivity contribution is 5.76. The summed E-state index contributed by atoms with van der Waals surface area (Å²) < 4.78 is 0. The zero-order chi connectivity index (χ0) is 12.5. The van der Waals surface area contributed by atoms with Crippen LogP contribution in [0.4, 0.5) is 0 Å². The fraction of sp³-hybridized carbons (Fsp3) is 0.923. The van der Waals surface area contributed by atoms with Crippen LogP contribution in [0, 0.1) is 5.92 Å². The first-order chi connectivity index (χ1) is 8.26. The summed E-state index contributed by atoms with van der Waals surface area (Å²) in [6.07, 6.45) is 6.87. The lowest BCUT2D eigenvalue weighted by atomic mass is 9.83. The van der Waals surface area contributed by atoms with E-state index in [1.165, 1.54) is 25.7 Å². The summed E-state index contributed by atoms with van der Waals surface area (Å²) in [5.41, 5.74) is 5.67. The van der Waals surface area contributed by atoms with Crippen molar-refractivity contribution in [3.8, 4) is 0 Å². The Kier molecular flexibility index (Phi) is 7.21. The van der Waals surface area contributed by atoms with Gasteiger partial charge in [-0.2, -0.15) is 0 Å². The average molecular weight is 241 g/mol. The second kappa shape index (κ2) is 8.48. The van der Waals surface area contributed by atoms with Crippen molar-refractivity contribution in [2.75, 3.05) is 19.6 Å². The van der Waals surface area contributed by atoms with Gasteiger partial charge in [0.2, 0.25) is 5.91 Å². The smallest absolute Gasteiger partial charge is 0.221 e. The van der Waals surface area contributed by atoms with E-state index in [1.54, 1.807) is 0 Å². The van der Waals surface area contributed by atoms with Crippen molar-refractivity contribution in [3.05, 3.63) is 0 Å². The van der Waals surface area contributed by atoms with Gasteiger partial charge in [-0.25, -0.2) is 0 Å². The number of nitrogens with two attached hydrogens (primary N) is 1. The van der Waals surface area contributed by atoms with E-state index in [0.29, 0.717) is 13.0 Å². The van der Waals surface area contributed by atoms with Gasteiger partial charge in [-0.05, 0) is 25.3 Å². The highest BCUT2D eigenvalue weighted by atomic mass is 16.1. The minimum Gasteiger partial charge on any atom is -0.356 e. The van der Waals surface area contributed by atoms with Crippen molar-refractivity contribution in [1.29, 1.82) is 0 Å². The van der Waals surface area contributed by atoms with Crippen molar-refractivity contribution in [3.63, 3.8) is 0 Å². The van der Waals surface area contributed by atoms with E-state index in [0.717, 1.165) is 25.4 Å². The lowest BCUT2D eigenvalue weighted by molar-refractivity contribution is -0.121. The maximum absolute atomic E-state index is 11.5. The summed E-state index contributed by atoms with van der Waals surface area (Å²) in [5, 5.41) is 6.27. The van der Waals surface area contributed by atoms with Gasteiger partial charge in [-0.1, -0.05) is 26.2 Å². The van der Waals surface area contributed by atoms with Gasteiger partial charge in [-0.3, -0.25) is 4.79 Å². The van der Waals surface area contributed by atoms with Crippen molar-refractivity contribution in [2.24, 2.45) is 11.7 Å². The predicted molar refractivity (Wildman–Crippen MR) is 70.7 cm³/mol. The van der Waals surface area contributed by atoms with E-state index in [9.17, 15) is 4.79 Å². The Balaban J connectivity index is 2.06. The molecule has 0 bridgehead atoms. The Hall–Kier alpha value is -0.610. The number of hydrogen-bond acceptors (Lipinski definition) is 3. The van der Waals surface area contributed by atoms with Crippen molar-refractivity contribution >= 4 is 5.91 Å². The molecule has 0 aliphatic heterocycles. The topological polar surface area (TPSA) is 67.2 Å². The molecule has 0 saturated heterocycles. The highest BCUT2D eigenvalue weighted by Crippen LogP contribution is 2.28. The van der Waals surface area contributed by atoms with E-state index in [1.807, 2.05) is 0 Å². The molecule has 1 unspecified atom stereocenters. The normalized spacial score (nSPS) is 17.5. The van der Waals surface area contributed by atoms with E-state index < -0.39 is 0 Å². The Morgan fingerprint density at radius 2 is 2.18 bits per heavy atom. The van der Waals surface area contributed by atoms with Crippen LogP contribution in [0.3, 0.4) is 0 Å². The quantitative estimate of drug-likeness (QED) is 0.564. The van der Waals surface area contributed by atoms with Gasteiger partial charge in [0.25, 0.3) is 0 Å². The Morgan fingerprint density at radius 1 is 1.41 bits per heavy atom. The van der Waals surface area contributed by atoms with Crippen LogP contribution in [-0.4, -0.2) is 31.6 Å². The van der Waals surface area contributed by atoms with Crippen LogP contribution in [0.2, 0.25) is 0 Å². The molecule has 17 heavy (non-hydrogen) atoms. The van der Waals surface area contributed by atoms with E-state index >= 15 is 0 Å². The van der Waals surface area contributed by atoms with Crippen LogP contribution < -0.4 is 16.4 Å². The van der Waals surface area contributed by atoms with Crippen molar-refractivity contribution < 1.29 is 4.79 Å². The molecule has 4 heteroatoms. The van der Waals surface area contributed by atoms with Crippen LogP contribution in [0.1, 0.15) is 45.4 Å². The maximum Gasteiger partial charge on any atom is 0.221 e. The molecule has 100 valence electrons. The van der Waals surface area contributed by atoms with Crippen LogP contribution in [0.15, 0.2) is 0 Å². The molecule has 1 saturated carbocycles. The first-order valence-corrected chi connectivity index (χ1v) is 6.96. The number of carbonyl (C=O) groups excluding carboxylic acids is 1. The second-order valence-electron chi connectivity index (χ2n) is 5.03. The van der Waals surface area contributed by atoms with Crippen LogP contribution >= 0.6 is 0 Å². The molecule has 1 atom stereocenters.